The molecular formula is C14H18N4. The Morgan fingerprint density at radius 3 is 2.61 bits per heavy atom. The molecule has 0 saturated carbocycles. The second-order valence-corrected chi connectivity index (χ2v) is 4.25. The quantitative estimate of drug-likeness (QED) is 0.893. The van der Waals surface area contributed by atoms with Gasteiger partial charge in [-0.15, -0.1) is 0 Å². The Bertz CT molecular complexity index is 507. The van der Waals surface area contributed by atoms with E-state index in [1.807, 2.05) is 32.2 Å². The molecule has 0 radical (unpaired) electrons. The summed E-state index contributed by atoms with van der Waals surface area (Å²) in [6.45, 7) is 6.85. The Balaban J connectivity index is 2.36. The number of hydrogen-bond acceptors (Lipinski definition) is 4. The highest BCUT2D eigenvalue weighted by molar-refractivity contribution is 5.26. The average molecular weight is 242 g/mol. The molecule has 1 N–H and O–H groups in total. The van der Waals surface area contributed by atoms with Crippen LogP contribution < -0.4 is 5.32 Å². The Labute approximate surface area is 108 Å². The Hall–Kier alpha value is -1.81. The number of rotatable bonds is 4. The van der Waals surface area contributed by atoms with Crippen LogP contribution in [0, 0.1) is 13.8 Å². The normalized spacial score (nSPS) is 12.4. The van der Waals surface area contributed by atoms with E-state index in [2.05, 4.69) is 33.3 Å². The first-order chi connectivity index (χ1) is 8.70. The van der Waals surface area contributed by atoms with Gasteiger partial charge in [0.2, 0.25) is 0 Å². The first-order valence-electron chi connectivity index (χ1n) is 6.16. The van der Waals surface area contributed by atoms with Crippen molar-refractivity contribution in [1.82, 2.24) is 20.3 Å². The maximum Gasteiger partial charge on any atom is 0.125 e. The number of hydrogen-bond donors (Lipinski definition) is 1. The number of aromatic nitrogens is 3. The summed E-state index contributed by atoms with van der Waals surface area (Å²) in [5, 5.41) is 3.43. The molecule has 0 spiro atoms. The molecule has 0 aliphatic carbocycles. The average Bonchev–Trinajstić information content (AvgIpc) is 2.37. The molecule has 4 nitrogen and oxygen atoms in total. The molecule has 0 aliphatic rings. The fourth-order valence-electron chi connectivity index (χ4n) is 1.88. The molecule has 0 amide bonds. The van der Waals surface area contributed by atoms with Crippen LogP contribution in [0.5, 0.6) is 0 Å². The lowest BCUT2D eigenvalue weighted by molar-refractivity contribution is 0.609. The van der Waals surface area contributed by atoms with Gasteiger partial charge in [-0.25, -0.2) is 9.97 Å². The van der Waals surface area contributed by atoms with Gasteiger partial charge < -0.3 is 5.32 Å². The zero-order valence-electron chi connectivity index (χ0n) is 11.0. The molecule has 18 heavy (non-hydrogen) atoms. The standard InChI is InChI=1S/C14H18N4/c1-4-15-14(12-6-5-10(2)17-9-12)13-7-8-16-11(3)18-13/h5-9,14-15H,4H2,1-3H3. The summed E-state index contributed by atoms with van der Waals surface area (Å²) in [6, 6.07) is 6.13. The van der Waals surface area contributed by atoms with Crippen molar-refractivity contribution in [3.05, 3.63) is 53.4 Å². The smallest absolute Gasteiger partial charge is 0.125 e. The van der Waals surface area contributed by atoms with Crippen molar-refractivity contribution in [2.24, 2.45) is 0 Å². The SMILES string of the molecule is CCNC(c1ccc(C)nc1)c1ccnc(C)n1. The minimum Gasteiger partial charge on any atom is -0.305 e. The van der Waals surface area contributed by atoms with Crippen LogP contribution in [-0.2, 0) is 0 Å². The molecule has 0 bridgehead atoms. The molecule has 1 atom stereocenters. The summed E-state index contributed by atoms with van der Waals surface area (Å²) in [5.74, 6) is 0.787. The lowest BCUT2D eigenvalue weighted by atomic mass is 10.1. The highest BCUT2D eigenvalue weighted by Gasteiger charge is 2.14. The summed E-state index contributed by atoms with van der Waals surface area (Å²) in [6.07, 6.45) is 3.70. The van der Waals surface area contributed by atoms with Crippen LogP contribution in [0.2, 0.25) is 0 Å². The second-order valence-electron chi connectivity index (χ2n) is 4.25. The molecule has 0 aromatic carbocycles. The van der Waals surface area contributed by atoms with Crippen molar-refractivity contribution in [2.45, 2.75) is 26.8 Å². The van der Waals surface area contributed by atoms with Gasteiger partial charge >= 0.3 is 0 Å². The number of nitrogens with one attached hydrogen (secondary N) is 1. The van der Waals surface area contributed by atoms with Crippen molar-refractivity contribution in [3.8, 4) is 0 Å². The Kier molecular flexibility index (Phi) is 3.99. The minimum atomic E-state index is 0.0739. The van der Waals surface area contributed by atoms with Crippen molar-refractivity contribution in [2.75, 3.05) is 6.54 Å². The lowest BCUT2D eigenvalue weighted by Crippen LogP contribution is -2.23. The Morgan fingerprint density at radius 1 is 1.17 bits per heavy atom. The third kappa shape index (κ3) is 2.90. The molecule has 0 saturated heterocycles. The molecule has 2 heterocycles. The zero-order chi connectivity index (χ0) is 13.0. The summed E-state index contributed by atoms with van der Waals surface area (Å²) in [4.78, 5) is 13.0. The van der Waals surface area contributed by atoms with Gasteiger partial charge in [-0.3, -0.25) is 4.98 Å². The van der Waals surface area contributed by atoms with Crippen molar-refractivity contribution in [1.29, 1.82) is 0 Å². The molecular weight excluding hydrogens is 224 g/mol. The summed E-state index contributed by atoms with van der Waals surface area (Å²) >= 11 is 0. The van der Waals surface area contributed by atoms with Crippen LogP contribution in [0.15, 0.2) is 30.6 Å². The molecule has 2 aromatic heterocycles. The van der Waals surface area contributed by atoms with Gasteiger partial charge in [-0.2, -0.15) is 0 Å². The first-order valence-corrected chi connectivity index (χ1v) is 6.16. The monoisotopic (exact) mass is 242 g/mol. The molecule has 2 aromatic rings. The van der Waals surface area contributed by atoms with Crippen LogP contribution >= 0.6 is 0 Å². The topological polar surface area (TPSA) is 50.7 Å². The van der Waals surface area contributed by atoms with E-state index in [4.69, 9.17) is 0 Å². The van der Waals surface area contributed by atoms with E-state index in [0.717, 1.165) is 29.3 Å². The van der Waals surface area contributed by atoms with E-state index >= 15 is 0 Å². The third-order valence-corrected chi connectivity index (χ3v) is 2.77. The maximum atomic E-state index is 4.49. The van der Waals surface area contributed by atoms with E-state index in [1.54, 1.807) is 6.20 Å². The van der Waals surface area contributed by atoms with Crippen molar-refractivity contribution < 1.29 is 0 Å². The van der Waals surface area contributed by atoms with Crippen LogP contribution in [-0.4, -0.2) is 21.5 Å². The molecule has 1 unspecified atom stereocenters. The fraction of sp³-hybridized carbons (Fsp3) is 0.357. The van der Waals surface area contributed by atoms with E-state index in [1.165, 1.54) is 0 Å². The van der Waals surface area contributed by atoms with E-state index in [0.29, 0.717) is 0 Å². The largest absolute Gasteiger partial charge is 0.305 e. The van der Waals surface area contributed by atoms with Crippen molar-refractivity contribution in [3.63, 3.8) is 0 Å². The maximum absolute atomic E-state index is 4.49. The highest BCUT2D eigenvalue weighted by atomic mass is 15.0. The second kappa shape index (κ2) is 5.69. The van der Waals surface area contributed by atoms with Crippen LogP contribution in [0.25, 0.3) is 0 Å². The summed E-state index contributed by atoms with van der Waals surface area (Å²) < 4.78 is 0. The fourth-order valence-corrected chi connectivity index (χ4v) is 1.88. The minimum absolute atomic E-state index is 0.0739. The number of pyridine rings is 1. The molecule has 0 fully saturated rings. The number of aryl methyl sites for hydroxylation is 2. The Morgan fingerprint density at radius 2 is 2.00 bits per heavy atom. The molecule has 0 aliphatic heterocycles. The van der Waals surface area contributed by atoms with Gasteiger partial charge in [-0.1, -0.05) is 13.0 Å². The van der Waals surface area contributed by atoms with E-state index in [-0.39, 0.29) is 6.04 Å². The van der Waals surface area contributed by atoms with E-state index < -0.39 is 0 Å². The van der Waals surface area contributed by atoms with Crippen LogP contribution in [0.1, 0.15) is 35.7 Å². The van der Waals surface area contributed by atoms with Gasteiger partial charge in [0.1, 0.15) is 5.82 Å². The van der Waals surface area contributed by atoms with Gasteiger partial charge in [0.15, 0.2) is 0 Å². The predicted molar refractivity (Wildman–Crippen MR) is 71.3 cm³/mol. The van der Waals surface area contributed by atoms with Gasteiger partial charge in [-0.05, 0) is 38.1 Å². The van der Waals surface area contributed by atoms with Gasteiger partial charge in [0, 0.05) is 18.1 Å². The highest BCUT2D eigenvalue weighted by Crippen LogP contribution is 2.19. The summed E-state index contributed by atoms with van der Waals surface area (Å²) in [7, 11) is 0. The van der Waals surface area contributed by atoms with Crippen LogP contribution in [0.4, 0.5) is 0 Å². The zero-order valence-corrected chi connectivity index (χ0v) is 11.0. The lowest BCUT2D eigenvalue weighted by Gasteiger charge is -2.17. The predicted octanol–water partition coefficient (Wildman–Crippen LogP) is 2.19. The molecule has 4 heteroatoms. The first kappa shape index (κ1) is 12.6. The summed E-state index contributed by atoms with van der Waals surface area (Å²) in [5.41, 5.74) is 3.13. The number of nitrogens with zero attached hydrogens (tertiary/aromatic N) is 3. The molecule has 94 valence electrons. The van der Waals surface area contributed by atoms with Gasteiger partial charge in [0.05, 0.1) is 11.7 Å². The van der Waals surface area contributed by atoms with E-state index in [9.17, 15) is 0 Å². The third-order valence-electron chi connectivity index (χ3n) is 2.77. The van der Waals surface area contributed by atoms with Crippen LogP contribution in [0.3, 0.4) is 0 Å². The molecule has 2 rings (SSSR count). The van der Waals surface area contributed by atoms with Crippen molar-refractivity contribution >= 4 is 0 Å². The van der Waals surface area contributed by atoms with Gasteiger partial charge in [0.25, 0.3) is 0 Å².